The maximum absolute atomic E-state index is 13.6. The summed E-state index contributed by atoms with van der Waals surface area (Å²) in [5, 5.41) is 12.7. The van der Waals surface area contributed by atoms with E-state index in [4.69, 9.17) is 0 Å². The standard InChI is InChI=1S/C27H38N6O5S/c1-16(28-5)25(35)32-24(27(2,3)4)21(34)15-39(37,38)33-13-11-20-23(33)18(14-30-20)26(36)31-19-10-6-8-17-9-7-12-29-22(17)19/h6-10,12,16,18,20,23-24,28,30H,11,13-15H2,1-5H3,(H,31,36)(H,32,35). The molecule has 0 bridgehead atoms. The molecular formula is C27H38N6O5S. The maximum atomic E-state index is 13.6. The van der Waals surface area contributed by atoms with Gasteiger partial charge in [-0.25, -0.2) is 8.42 Å². The molecule has 1 aromatic heterocycles. The number of hydrogen-bond acceptors (Lipinski definition) is 8. The molecule has 2 aromatic rings. The van der Waals surface area contributed by atoms with Gasteiger partial charge >= 0.3 is 0 Å². The van der Waals surface area contributed by atoms with Crippen LogP contribution in [0.4, 0.5) is 5.69 Å². The fraction of sp³-hybridized carbons (Fsp3) is 0.556. The predicted molar refractivity (Wildman–Crippen MR) is 149 cm³/mol. The Hall–Kier alpha value is -2.93. The Morgan fingerprint density at radius 3 is 2.59 bits per heavy atom. The number of anilines is 1. The average molecular weight is 559 g/mol. The molecule has 212 valence electrons. The molecule has 2 fully saturated rings. The predicted octanol–water partition coefficient (Wildman–Crippen LogP) is 0.873. The third-order valence-electron chi connectivity index (χ3n) is 7.63. The largest absolute Gasteiger partial charge is 0.344 e. The van der Waals surface area contributed by atoms with Gasteiger partial charge in [0.1, 0.15) is 5.75 Å². The van der Waals surface area contributed by atoms with Gasteiger partial charge in [-0.1, -0.05) is 39.0 Å². The summed E-state index contributed by atoms with van der Waals surface area (Å²) in [7, 11) is -2.44. The lowest BCUT2D eigenvalue weighted by molar-refractivity contribution is -0.129. The van der Waals surface area contributed by atoms with E-state index in [2.05, 4.69) is 26.3 Å². The first-order valence-corrected chi connectivity index (χ1v) is 14.8. The second kappa shape index (κ2) is 11.3. The number of ketones is 1. The van der Waals surface area contributed by atoms with Crippen LogP contribution in [0, 0.1) is 11.3 Å². The number of hydrogen-bond donors (Lipinski definition) is 4. The summed E-state index contributed by atoms with van der Waals surface area (Å²) in [4.78, 5) is 43.7. The molecule has 2 saturated heterocycles. The number of rotatable bonds is 9. The zero-order valence-corrected chi connectivity index (χ0v) is 23.8. The summed E-state index contributed by atoms with van der Waals surface area (Å²) < 4.78 is 28.5. The summed E-state index contributed by atoms with van der Waals surface area (Å²) in [5.41, 5.74) is 0.511. The number of carbonyl (C=O) groups excluding carboxylic acids is 3. The first-order chi connectivity index (χ1) is 18.3. The Balaban J connectivity index is 1.51. The number of para-hydroxylation sites is 1. The molecule has 4 rings (SSSR count). The van der Waals surface area contributed by atoms with Crippen molar-refractivity contribution in [2.45, 2.75) is 58.3 Å². The molecule has 5 atom stereocenters. The first-order valence-electron chi connectivity index (χ1n) is 13.2. The third kappa shape index (κ3) is 6.13. The van der Waals surface area contributed by atoms with Crippen molar-refractivity contribution in [2.24, 2.45) is 11.3 Å². The highest BCUT2D eigenvalue weighted by atomic mass is 32.2. The van der Waals surface area contributed by atoms with E-state index in [1.54, 1.807) is 47.0 Å². The summed E-state index contributed by atoms with van der Waals surface area (Å²) in [6, 6.07) is 6.88. The second-order valence-corrected chi connectivity index (χ2v) is 13.3. The van der Waals surface area contributed by atoms with Gasteiger partial charge in [-0.3, -0.25) is 19.4 Å². The molecule has 4 N–H and O–H groups in total. The first kappa shape index (κ1) is 29.1. The second-order valence-electron chi connectivity index (χ2n) is 11.4. The SMILES string of the molecule is CNC(C)C(=O)NC(C(=O)CS(=O)(=O)N1CCC2NCC(C(=O)Nc3cccc4cccnc34)C21)C(C)(C)C. The number of nitrogens with one attached hydrogen (secondary N) is 4. The van der Waals surface area contributed by atoms with Crippen LogP contribution < -0.4 is 21.3 Å². The van der Waals surface area contributed by atoms with Crippen molar-refractivity contribution >= 4 is 44.2 Å². The summed E-state index contributed by atoms with van der Waals surface area (Å²) >= 11 is 0. The minimum atomic E-state index is -4.07. The maximum Gasteiger partial charge on any atom is 0.237 e. The van der Waals surface area contributed by atoms with Gasteiger partial charge in [0.15, 0.2) is 5.78 Å². The fourth-order valence-electron chi connectivity index (χ4n) is 5.42. The highest BCUT2D eigenvalue weighted by Gasteiger charge is 2.52. The van der Waals surface area contributed by atoms with Gasteiger partial charge in [-0.05, 0) is 37.9 Å². The molecule has 12 heteroatoms. The van der Waals surface area contributed by atoms with Gasteiger partial charge in [0.2, 0.25) is 21.8 Å². The highest BCUT2D eigenvalue weighted by molar-refractivity contribution is 7.89. The Morgan fingerprint density at radius 1 is 1.18 bits per heavy atom. The number of sulfonamides is 1. The lowest BCUT2D eigenvalue weighted by Crippen LogP contribution is -2.56. The topological polar surface area (TPSA) is 150 Å². The Bertz CT molecular complexity index is 1350. The van der Waals surface area contributed by atoms with Crippen molar-refractivity contribution in [1.82, 2.24) is 25.2 Å². The summed E-state index contributed by atoms with van der Waals surface area (Å²) in [6.07, 6.45) is 2.19. The van der Waals surface area contributed by atoms with E-state index in [9.17, 15) is 22.8 Å². The molecule has 2 aliphatic rings. The van der Waals surface area contributed by atoms with E-state index >= 15 is 0 Å². The van der Waals surface area contributed by atoms with Crippen LogP contribution in [-0.2, 0) is 24.4 Å². The fourth-order valence-corrected chi connectivity index (χ4v) is 7.16. The number of amides is 2. The van der Waals surface area contributed by atoms with Crippen molar-refractivity contribution < 1.29 is 22.8 Å². The Morgan fingerprint density at radius 2 is 1.90 bits per heavy atom. The van der Waals surface area contributed by atoms with Crippen LogP contribution in [0.2, 0.25) is 0 Å². The van der Waals surface area contributed by atoms with Crippen LogP contribution in [0.5, 0.6) is 0 Å². The molecule has 2 aliphatic heterocycles. The smallest absolute Gasteiger partial charge is 0.237 e. The quantitative estimate of drug-likeness (QED) is 0.354. The zero-order chi connectivity index (χ0) is 28.5. The van der Waals surface area contributed by atoms with Gasteiger partial charge < -0.3 is 21.3 Å². The van der Waals surface area contributed by atoms with E-state index in [-0.39, 0.29) is 24.4 Å². The highest BCUT2D eigenvalue weighted by Crippen LogP contribution is 2.33. The molecule has 0 aliphatic carbocycles. The van der Waals surface area contributed by atoms with Crippen molar-refractivity contribution in [3.63, 3.8) is 0 Å². The minimum absolute atomic E-state index is 0.189. The minimum Gasteiger partial charge on any atom is -0.344 e. The lowest BCUT2D eigenvalue weighted by atomic mass is 9.84. The van der Waals surface area contributed by atoms with E-state index in [1.807, 2.05) is 24.3 Å². The molecule has 2 amide bonds. The number of nitrogens with zero attached hydrogens (tertiary/aromatic N) is 2. The van der Waals surface area contributed by atoms with E-state index in [0.29, 0.717) is 24.2 Å². The van der Waals surface area contributed by atoms with E-state index in [1.165, 1.54) is 4.31 Å². The van der Waals surface area contributed by atoms with Crippen molar-refractivity contribution in [3.8, 4) is 0 Å². The average Bonchev–Trinajstić information content (AvgIpc) is 3.48. The van der Waals surface area contributed by atoms with E-state index in [0.717, 1.165) is 5.39 Å². The summed E-state index contributed by atoms with van der Waals surface area (Å²) in [6.45, 7) is 7.53. The molecule has 1 aromatic carbocycles. The number of likely N-dealkylation sites (N-methyl/N-ethyl adjacent to an activating group) is 1. The van der Waals surface area contributed by atoms with Crippen molar-refractivity contribution in [2.75, 3.05) is 31.2 Å². The Kier molecular flexibility index (Phi) is 8.41. The third-order valence-corrected chi connectivity index (χ3v) is 9.42. The zero-order valence-electron chi connectivity index (χ0n) is 23.0. The van der Waals surface area contributed by atoms with Gasteiger partial charge in [0.05, 0.1) is 35.2 Å². The molecule has 0 spiro atoms. The Labute approximate surface area is 229 Å². The lowest BCUT2D eigenvalue weighted by Gasteiger charge is -2.32. The van der Waals surface area contributed by atoms with Gasteiger partial charge in [0.25, 0.3) is 0 Å². The number of Topliss-reactive ketones (excluding diaryl/α,β-unsaturated/α-hetero) is 1. The molecule has 0 radical (unpaired) electrons. The molecule has 5 unspecified atom stereocenters. The van der Waals surface area contributed by atoms with E-state index < -0.39 is 51.0 Å². The monoisotopic (exact) mass is 558 g/mol. The number of pyridine rings is 1. The number of aromatic nitrogens is 1. The van der Waals surface area contributed by atoms with Gasteiger partial charge in [-0.15, -0.1) is 0 Å². The normalized spacial score (nSPS) is 23.3. The summed E-state index contributed by atoms with van der Waals surface area (Å²) in [5.74, 6) is -2.67. The van der Waals surface area contributed by atoms with Crippen LogP contribution in [0.25, 0.3) is 10.9 Å². The van der Waals surface area contributed by atoms with Crippen molar-refractivity contribution in [3.05, 3.63) is 36.5 Å². The van der Waals surface area contributed by atoms with Gasteiger partial charge in [-0.2, -0.15) is 4.31 Å². The molecule has 11 nitrogen and oxygen atoms in total. The van der Waals surface area contributed by atoms with Crippen LogP contribution in [-0.4, -0.2) is 85.4 Å². The number of carbonyl (C=O) groups is 3. The number of fused-ring (bicyclic) bond motifs is 2. The van der Waals surface area contributed by atoms with Crippen molar-refractivity contribution in [1.29, 1.82) is 0 Å². The van der Waals surface area contributed by atoms with Crippen LogP contribution in [0.1, 0.15) is 34.1 Å². The van der Waals surface area contributed by atoms with Crippen LogP contribution in [0.15, 0.2) is 36.5 Å². The molecular weight excluding hydrogens is 520 g/mol. The molecule has 0 saturated carbocycles. The van der Waals surface area contributed by atoms with Gasteiger partial charge in [0, 0.05) is 30.7 Å². The molecule has 3 heterocycles. The van der Waals surface area contributed by atoms with Crippen LogP contribution >= 0.6 is 0 Å². The number of benzene rings is 1. The molecule has 39 heavy (non-hydrogen) atoms. The van der Waals surface area contributed by atoms with Crippen LogP contribution in [0.3, 0.4) is 0 Å².